The summed E-state index contributed by atoms with van der Waals surface area (Å²) in [6, 6.07) is 4.56. The first-order chi connectivity index (χ1) is 10.3. The zero-order valence-corrected chi connectivity index (χ0v) is 12.2. The normalized spacial score (nSPS) is 19.9. The number of ether oxygens (including phenoxy) is 2. The molecule has 124 valence electrons. The lowest BCUT2D eigenvalue weighted by Crippen LogP contribution is -2.45. The molecule has 0 radical (unpaired) electrons. The maximum absolute atomic E-state index is 12.3. The molecule has 10 heteroatoms. The molecule has 0 spiro atoms. The van der Waals surface area contributed by atoms with Gasteiger partial charge in [0.15, 0.2) is 0 Å². The Labute approximate surface area is 125 Å². The van der Waals surface area contributed by atoms with Crippen molar-refractivity contribution in [3.05, 3.63) is 24.3 Å². The van der Waals surface area contributed by atoms with Crippen molar-refractivity contribution in [2.75, 3.05) is 26.2 Å². The lowest BCUT2D eigenvalue weighted by molar-refractivity contribution is -0.275. The van der Waals surface area contributed by atoms with Crippen molar-refractivity contribution < 1.29 is 31.1 Å². The number of halogens is 3. The molecule has 1 saturated heterocycles. The minimum absolute atomic E-state index is 0.0459. The fraction of sp³-hybridized carbons (Fsp3) is 0.500. The molecule has 22 heavy (non-hydrogen) atoms. The average Bonchev–Trinajstić information content (AvgIpc) is 2.45. The van der Waals surface area contributed by atoms with E-state index in [1.807, 2.05) is 0 Å². The fourth-order valence-electron chi connectivity index (χ4n) is 1.91. The van der Waals surface area contributed by atoms with E-state index in [0.29, 0.717) is 19.7 Å². The van der Waals surface area contributed by atoms with Crippen LogP contribution in [0.5, 0.6) is 5.75 Å². The Bertz CT molecular complexity index is 601. The molecule has 2 N–H and O–H groups in total. The predicted octanol–water partition coefficient (Wildman–Crippen LogP) is 0.852. The lowest BCUT2D eigenvalue weighted by Gasteiger charge is -2.24. The number of hydrogen-bond donors (Lipinski definition) is 2. The second-order valence-electron chi connectivity index (χ2n) is 4.54. The molecular weight excluding hydrogens is 325 g/mol. The van der Waals surface area contributed by atoms with Crippen LogP contribution in [-0.4, -0.2) is 47.1 Å². The number of alkyl halides is 3. The Morgan fingerprint density at radius 2 is 2.09 bits per heavy atom. The van der Waals surface area contributed by atoms with Crippen LogP contribution in [0, 0.1) is 0 Å². The van der Waals surface area contributed by atoms with Crippen molar-refractivity contribution in [2.45, 2.75) is 17.4 Å². The summed E-state index contributed by atoms with van der Waals surface area (Å²) < 4.78 is 72.6. The summed E-state index contributed by atoms with van der Waals surface area (Å²) in [7, 11) is -4.15. The number of hydrogen-bond acceptors (Lipinski definition) is 5. The van der Waals surface area contributed by atoms with Crippen molar-refractivity contribution in [1.29, 1.82) is 0 Å². The van der Waals surface area contributed by atoms with Gasteiger partial charge in [-0.3, -0.25) is 0 Å². The van der Waals surface area contributed by atoms with E-state index in [9.17, 15) is 21.6 Å². The smallest absolute Gasteiger partial charge is 0.404 e. The summed E-state index contributed by atoms with van der Waals surface area (Å²) in [5, 5.41) is 3.02. The summed E-state index contributed by atoms with van der Waals surface area (Å²) in [6.07, 6.45) is -5.35. The topological polar surface area (TPSA) is 76.7 Å². The molecule has 0 saturated carbocycles. The highest BCUT2D eigenvalue weighted by Crippen LogP contribution is 2.29. The molecule has 1 atom stereocenters. The summed E-state index contributed by atoms with van der Waals surface area (Å²) in [6.45, 7) is 1.53. The highest BCUT2D eigenvalue weighted by atomic mass is 32.2. The number of benzene rings is 1. The standard InChI is InChI=1S/C12H15F3N2O4S/c13-12(14,15)21-10-3-1-2-4-11(10)22(18,19)17-8-9-7-16-5-6-20-9/h1-4,9,16-17H,5-8H2. The Hall–Kier alpha value is -1.36. The van der Waals surface area contributed by atoms with Crippen LogP contribution >= 0.6 is 0 Å². The van der Waals surface area contributed by atoms with E-state index in [1.54, 1.807) is 0 Å². The van der Waals surface area contributed by atoms with Crippen molar-refractivity contribution in [3.63, 3.8) is 0 Å². The summed E-state index contributed by atoms with van der Waals surface area (Å²) in [5.74, 6) is -0.773. The molecule has 1 aromatic rings. The zero-order chi connectivity index (χ0) is 16.2. The third-order valence-corrected chi connectivity index (χ3v) is 4.33. The van der Waals surface area contributed by atoms with Crippen molar-refractivity contribution in [2.24, 2.45) is 0 Å². The van der Waals surface area contributed by atoms with Crippen LogP contribution in [0.1, 0.15) is 0 Å². The van der Waals surface area contributed by atoms with E-state index < -0.39 is 27.0 Å². The molecule has 0 bridgehead atoms. The molecule has 0 aliphatic carbocycles. The zero-order valence-electron chi connectivity index (χ0n) is 11.4. The van der Waals surface area contributed by atoms with Crippen molar-refractivity contribution >= 4 is 10.0 Å². The van der Waals surface area contributed by atoms with E-state index >= 15 is 0 Å². The van der Waals surface area contributed by atoms with Gasteiger partial charge in [-0.1, -0.05) is 12.1 Å². The summed E-state index contributed by atoms with van der Waals surface area (Å²) in [4.78, 5) is -0.573. The molecule has 2 rings (SSSR count). The molecule has 1 heterocycles. The molecule has 0 aromatic heterocycles. The van der Waals surface area contributed by atoms with Gasteiger partial charge in [0, 0.05) is 19.6 Å². The lowest BCUT2D eigenvalue weighted by atomic mass is 10.3. The fourth-order valence-corrected chi connectivity index (χ4v) is 3.11. The van der Waals surface area contributed by atoms with Gasteiger partial charge in [0.2, 0.25) is 10.0 Å². The first kappa shape index (κ1) is 17.0. The first-order valence-corrected chi connectivity index (χ1v) is 7.93. The Balaban J connectivity index is 2.11. The maximum Gasteiger partial charge on any atom is 0.573 e. The molecule has 1 aliphatic heterocycles. The molecule has 1 unspecified atom stereocenters. The average molecular weight is 340 g/mol. The SMILES string of the molecule is O=S(=O)(NCC1CNCCO1)c1ccccc1OC(F)(F)F. The van der Waals surface area contributed by atoms with E-state index in [1.165, 1.54) is 12.1 Å². The highest BCUT2D eigenvalue weighted by Gasteiger charge is 2.34. The number of morpholine rings is 1. The van der Waals surface area contributed by atoms with Gasteiger partial charge in [-0.05, 0) is 12.1 Å². The van der Waals surface area contributed by atoms with Gasteiger partial charge in [-0.15, -0.1) is 13.2 Å². The second-order valence-corrected chi connectivity index (χ2v) is 6.28. The largest absolute Gasteiger partial charge is 0.573 e. The number of nitrogens with one attached hydrogen (secondary N) is 2. The maximum atomic E-state index is 12.3. The van der Waals surface area contributed by atoms with E-state index in [-0.39, 0.29) is 12.6 Å². The van der Waals surface area contributed by atoms with E-state index in [0.717, 1.165) is 12.1 Å². The van der Waals surface area contributed by atoms with Crippen LogP contribution in [0.15, 0.2) is 29.2 Å². The quantitative estimate of drug-likeness (QED) is 0.831. The van der Waals surface area contributed by atoms with Gasteiger partial charge >= 0.3 is 6.36 Å². The van der Waals surface area contributed by atoms with Crippen LogP contribution in [0.2, 0.25) is 0 Å². The van der Waals surface area contributed by atoms with Gasteiger partial charge in [0.25, 0.3) is 0 Å². The summed E-state index contributed by atoms with van der Waals surface area (Å²) >= 11 is 0. The molecule has 1 aromatic carbocycles. The second kappa shape index (κ2) is 6.82. The molecular formula is C12H15F3N2O4S. The minimum Gasteiger partial charge on any atom is -0.404 e. The Morgan fingerprint density at radius 3 is 2.73 bits per heavy atom. The minimum atomic E-state index is -4.97. The van der Waals surface area contributed by atoms with Gasteiger partial charge in [0.05, 0.1) is 12.7 Å². The Morgan fingerprint density at radius 1 is 1.36 bits per heavy atom. The van der Waals surface area contributed by atoms with Gasteiger partial charge in [0.1, 0.15) is 10.6 Å². The molecule has 1 fully saturated rings. The van der Waals surface area contributed by atoms with Crippen LogP contribution in [0.25, 0.3) is 0 Å². The predicted molar refractivity (Wildman–Crippen MR) is 70.9 cm³/mol. The Kier molecular flexibility index (Phi) is 5.27. The van der Waals surface area contributed by atoms with Crippen LogP contribution in [0.3, 0.4) is 0 Å². The molecule has 0 amide bonds. The van der Waals surface area contributed by atoms with Gasteiger partial charge in [-0.2, -0.15) is 0 Å². The van der Waals surface area contributed by atoms with Gasteiger partial charge < -0.3 is 14.8 Å². The number of sulfonamides is 1. The van der Waals surface area contributed by atoms with Crippen molar-refractivity contribution in [3.8, 4) is 5.75 Å². The molecule has 1 aliphatic rings. The summed E-state index contributed by atoms with van der Waals surface area (Å²) in [5.41, 5.74) is 0. The first-order valence-electron chi connectivity index (χ1n) is 6.45. The monoisotopic (exact) mass is 340 g/mol. The van der Waals surface area contributed by atoms with E-state index in [4.69, 9.17) is 4.74 Å². The number of para-hydroxylation sites is 1. The van der Waals surface area contributed by atoms with Crippen LogP contribution < -0.4 is 14.8 Å². The van der Waals surface area contributed by atoms with Crippen LogP contribution in [0.4, 0.5) is 13.2 Å². The van der Waals surface area contributed by atoms with E-state index in [2.05, 4.69) is 14.8 Å². The number of rotatable bonds is 5. The third-order valence-electron chi connectivity index (χ3n) is 2.87. The third kappa shape index (κ3) is 4.83. The van der Waals surface area contributed by atoms with Crippen molar-refractivity contribution in [1.82, 2.24) is 10.0 Å². The van der Waals surface area contributed by atoms with Gasteiger partial charge in [-0.25, -0.2) is 13.1 Å². The molecule has 6 nitrogen and oxygen atoms in total. The van der Waals surface area contributed by atoms with Crippen LogP contribution in [-0.2, 0) is 14.8 Å². The highest BCUT2D eigenvalue weighted by molar-refractivity contribution is 7.89.